The van der Waals surface area contributed by atoms with Crippen LogP contribution in [-0.2, 0) is 0 Å². The highest BCUT2D eigenvalue weighted by Crippen LogP contribution is 2.19. The Kier molecular flexibility index (Phi) is 2.72. The highest BCUT2D eigenvalue weighted by molar-refractivity contribution is 5.92. The van der Waals surface area contributed by atoms with Gasteiger partial charge in [0.25, 0.3) is 0 Å². The molecule has 0 radical (unpaired) electrons. The summed E-state index contributed by atoms with van der Waals surface area (Å²) in [5.41, 5.74) is 1.37. The minimum atomic E-state index is -0.0454. The molecule has 2 aromatic rings. The van der Waals surface area contributed by atoms with Crippen molar-refractivity contribution in [3.63, 3.8) is 0 Å². The van der Waals surface area contributed by atoms with Crippen molar-refractivity contribution in [2.45, 2.75) is 6.92 Å². The molecule has 2 rings (SSSR count). The van der Waals surface area contributed by atoms with E-state index in [1.807, 2.05) is 24.3 Å². The molecule has 4 heteroatoms. The van der Waals surface area contributed by atoms with Gasteiger partial charge in [0.1, 0.15) is 17.3 Å². The van der Waals surface area contributed by atoms with Gasteiger partial charge in [-0.15, -0.1) is 0 Å². The van der Waals surface area contributed by atoms with Crippen LogP contribution in [0.3, 0.4) is 0 Å². The highest BCUT2D eigenvalue weighted by Gasteiger charge is 2.06. The Morgan fingerprint density at radius 2 is 2.00 bits per heavy atom. The van der Waals surface area contributed by atoms with Crippen molar-refractivity contribution in [1.29, 1.82) is 0 Å². The van der Waals surface area contributed by atoms with Crippen molar-refractivity contribution in [2.75, 3.05) is 7.11 Å². The predicted octanol–water partition coefficient (Wildman–Crippen LogP) is 2.29. The molecule has 0 unspecified atom stereocenters. The summed E-state index contributed by atoms with van der Waals surface area (Å²) in [6, 6.07) is 7.49. The van der Waals surface area contributed by atoms with E-state index in [1.165, 1.54) is 6.92 Å². The molecule has 0 spiro atoms. The smallest absolute Gasteiger partial charge is 0.179 e. The minimum absolute atomic E-state index is 0.0454. The Hall–Kier alpha value is -2.10. The normalized spacial score (nSPS) is 10.1. The largest absolute Gasteiger partial charge is 0.497 e. The molecule has 82 valence electrons. The zero-order chi connectivity index (χ0) is 11.5. The van der Waals surface area contributed by atoms with Gasteiger partial charge >= 0.3 is 0 Å². The molecule has 16 heavy (non-hydrogen) atoms. The van der Waals surface area contributed by atoms with Gasteiger partial charge < -0.3 is 9.72 Å². The second-order valence-electron chi connectivity index (χ2n) is 3.42. The van der Waals surface area contributed by atoms with Crippen LogP contribution in [0.2, 0.25) is 0 Å². The predicted molar refractivity (Wildman–Crippen MR) is 60.6 cm³/mol. The van der Waals surface area contributed by atoms with Crippen LogP contribution in [-0.4, -0.2) is 22.9 Å². The minimum Gasteiger partial charge on any atom is -0.497 e. The van der Waals surface area contributed by atoms with Crippen LogP contribution in [0, 0.1) is 0 Å². The standard InChI is InChI=1S/C12H12N2O2/c1-8(15)11-7-13-12(14-11)9-3-5-10(16-2)6-4-9/h3-7H,1-2H3,(H,13,14). The Balaban J connectivity index is 2.31. The van der Waals surface area contributed by atoms with Gasteiger partial charge in [-0.25, -0.2) is 4.98 Å². The molecule has 1 heterocycles. The quantitative estimate of drug-likeness (QED) is 0.801. The number of carbonyl (C=O) groups is 1. The van der Waals surface area contributed by atoms with Crippen LogP contribution in [0.4, 0.5) is 0 Å². The first kappa shape index (κ1) is 10.4. The Morgan fingerprint density at radius 1 is 1.31 bits per heavy atom. The fourth-order valence-corrected chi connectivity index (χ4v) is 1.40. The van der Waals surface area contributed by atoms with E-state index in [9.17, 15) is 4.79 Å². The van der Waals surface area contributed by atoms with Crippen molar-refractivity contribution < 1.29 is 9.53 Å². The highest BCUT2D eigenvalue weighted by atomic mass is 16.5. The number of benzene rings is 1. The van der Waals surface area contributed by atoms with E-state index < -0.39 is 0 Å². The van der Waals surface area contributed by atoms with Crippen molar-refractivity contribution in [1.82, 2.24) is 9.97 Å². The van der Waals surface area contributed by atoms with E-state index in [-0.39, 0.29) is 5.78 Å². The zero-order valence-electron chi connectivity index (χ0n) is 9.15. The Morgan fingerprint density at radius 3 is 2.50 bits per heavy atom. The first-order valence-corrected chi connectivity index (χ1v) is 4.91. The number of Topliss-reactive ketones (excluding diaryl/α,β-unsaturated/α-hetero) is 1. The summed E-state index contributed by atoms with van der Waals surface area (Å²) in [7, 11) is 1.62. The van der Waals surface area contributed by atoms with Crippen LogP contribution in [0.25, 0.3) is 11.4 Å². The van der Waals surface area contributed by atoms with E-state index in [0.717, 1.165) is 11.3 Å². The number of imidazole rings is 1. The van der Waals surface area contributed by atoms with E-state index in [1.54, 1.807) is 13.3 Å². The number of hydrogen-bond donors (Lipinski definition) is 1. The second-order valence-corrected chi connectivity index (χ2v) is 3.42. The zero-order valence-corrected chi connectivity index (χ0v) is 9.15. The maximum absolute atomic E-state index is 11.1. The monoisotopic (exact) mass is 216 g/mol. The van der Waals surface area contributed by atoms with E-state index >= 15 is 0 Å². The lowest BCUT2D eigenvalue weighted by Crippen LogP contribution is -1.91. The summed E-state index contributed by atoms with van der Waals surface area (Å²) in [4.78, 5) is 18.2. The fourth-order valence-electron chi connectivity index (χ4n) is 1.40. The summed E-state index contributed by atoms with van der Waals surface area (Å²) in [6.07, 6.45) is 1.61. The number of methoxy groups -OCH3 is 1. The number of H-pyrrole nitrogens is 1. The van der Waals surface area contributed by atoms with Gasteiger partial charge in [-0.1, -0.05) is 0 Å². The summed E-state index contributed by atoms with van der Waals surface area (Å²) in [6.45, 7) is 1.49. The van der Waals surface area contributed by atoms with Gasteiger partial charge in [-0.3, -0.25) is 4.79 Å². The molecule has 1 N–H and O–H groups in total. The van der Waals surface area contributed by atoms with Crippen LogP contribution in [0.15, 0.2) is 30.5 Å². The van der Waals surface area contributed by atoms with Crippen molar-refractivity contribution >= 4 is 5.78 Å². The fraction of sp³-hybridized carbons (Fsp3) is 0.167. The molecule has 0 amide bonds. The van der Waals surface area contributed by atoms with E-state index in [0.29, 0.717) is 11.5 Å². The third-order valence-electron chi connectivity index (χ3n) is 2.30. The average Bonchev–Trinajstić information content (AvgIpc) is 2.78. The topological polar surface area (TPSA) is 55.0 Å². The second kappa shape index (κ2) is 4.18. The number of nitrogens with zero attached hydrogens (tertiary/aromatic N) is 1. The van der Waals surface area contributed by atoms with Crippen LogP contribution < -0.4 is 4.74 Å². The number of ether oxygens (including phenoxy) is 1. The summed E-state index contributed by atoms with van der Waals surface area (Å²) in [5.74, 6) is 1.44. The summed E-state index contributed by atoms with van der Waals surface area (Å²) in [5, 5.41) is 0. The van der Waals surface area contributed by atoms with Crippen molar-refractivity contribution in [3.05, 3.63) is 36.2 Å². The first-order valence-electron chi connectivity index (χ1n) is 4.91. The molecule has 0 aliphatic heterocycles. The lowest BCUT2D eigenvalue weighted by atomic mass is 10.2. The van der Waals surface area contributed by atoms with E-state index in [2.05, 4.69) is 9.97 Å². The van der Waals surface area contributed by atoms with Crippen molar-refractivity contribution in [2.24, 2.45) is 0 Å². The Bertz CT molecular complexity index is 500. The SMILES string of the molecule is COc1ccc(-c2nc(C(C)=O)c[nH]2)cc1. The van der Waals surface area contributed by atoms with Crippen LogP contribution in [0.1, 0.15) is 17.4 Å². The molecular formula is C12H12N2O2. The summed E-state index contributed by atoms with van der Waals surface area (Å²) >= 11 is 0. The third-order valence-corrected chi connectivity index (χ3v) is 2.30. The number of ketones is 1. The van der Waals surface area contributed by atoms with Gasteiger partial charge in [0.2, 0.25) is 0 Å². The molecule has 0 saturated heterocycles. The maximum Gasteiger partial charge on any atom is 0.179 e. The first-order chi connectivity index (χ1) is 7.70. The molecule has 0 atom stereocenters. The molecule has 0 saturated carbocycles. The lowest BCUT2D eigenvalue weighted by Gasteiger charge is -2.00. The van der Waals surface area contributed by atoms with Gasteiger partial charge in [0.15, 0.2) is 5.78 Å². The van der Waals surface area contributed by atoms with Gasteiger partial charge in [-0.2, -0.15) is 0 Å². The average molecular weight is 216 g/mol. The molecule has 0 aliphatic rings. The van der Waals surface area contributed by atoms with Gasteiger partial charge in [0.05, 0.1) is 7.11 Å². The number of carbonyl (C=O) groups excluding carboxylic acids is 1. The van der Waals surface area contributed by atoms with Gasteiger partial charge in [-0.05, 0) is 24.3 Å². The lowest BCUT2D eigenvalue weighted by molar-refractivity contribution is 0.101. The van der Waals surface area contributed by atoms with E-state index in [4.69, 9.17) is 4.74 Å². The number of rotatable bonds is 3. The molecule has 1 aromatic carbocycles. The van der Waals surface area contributed by atoms with Crippen LogP contribution >= 0.6 is 0 Å². The maximum atomic E-state index is 11.1. The molecule has 4 nitrogen and oxygen atoms in total. The molecule has 0 aliphatic carbocycles. The Labute approximate surface area is 93.3 Å². The number of aromatic amines is 1. The van der Waals surface area contributed by atoms with Gasteiger partial charge in [0, 0.05) is 18.7 Å². The number of aromatic nitrogens is 2. The van der Waals surface area contributed by atoms with Crippen LogP contribution in [0.5, 0.6) is 5.75 Å². The van der Waals surface area contributed by atoms with Crippen molar-refractivity contribution in [3.8, 4) is 17.1 Å². The molecule has 1 aromatic heterocycles. The third kappa shape index (κ3) is 1.95. The summed E-state index contributed by atoms with van der Waals surface area (Å²) < 4.78 is 5.06. The molecule has 0 fully saturated rings. The molecular weight excluding hydrogens is 204 g/mol. The number of hydrogen-bond acceptors (Lipinski definition) is 3. The molecule has 0 bridgehead atoms. The number of nitrogens with one attached hydrogen (secondary N) is 1.